The third kappa shape index (κ3) is 7.78. The summed E-state index contributed by atoms with van der Waals surface area (Å²) in [4.78, 5) is 12.1. The first-order chi connectivity index (χ1) is 11.6. The average Bonchev–Trinajstić information content (AvgIpc) is 2.84. The van der Waals surface area contributed by atoms with Gasteiger partial charge in [-0.25, -0.2) is 0 Å². The highest BCUT2D eigenvalue weighted by Crippen LogP contribution is 2.31. The minimum Gasteiger partial charge on any atom is -0.396 e. The Balaban J connectivity index is 2.51. The summed E-state index contributed by atoms with van der Waals surface area (Å²) >= 11 is 6.00. The number of unbranched alkanes of at least 4 members (excludes halogenated alkanes) is 6. The lowest BCUT2D eigenvalue weighted by molar-refractivity contribution is -0.111. The van der Waals surface area contributed by atoms with Crippen molar-refractivity contribution in [1.82, 2.24) is 0 Å². The second-order valence-electron chi connectivity index (χ2n) is 6.40. The summed E-state index contributed by atoms with van der Waals surface area (Å²) in [5, 5.41) is 19.0. The van der Waals surface area contributed by atoms with Gasteiger partial charge in [0, 0.05) is 18.1 Å². The van der Waals surface area contributed by atoms with E-state index in [1.165, 1.54) is 0 Å². The maximum atomic E-state index is 12.1. The molecule has 1 aliphatic rings. The summed E-state index contributed by atoms with van der Waals surface area (Å²) < 4.78 is 0. The van der Waals surface area contributed by atoms with Crippen molar-refractivity contribution in [3.8, 4) is 0 Å². The van der Waals surface area contributed by atoms with Gasteiger partial charge in [0.15, 0.2) is 0 Å². The van der Waals surface area contributed by atoms with Crippen LogP contribution in [0.15, 0.2) is 34.9 Å². The normalized spacial score (nSPS) is 21.0. The van der Waals surface area contributed by atoms with Crippen LogP contribution in [0.5, 0.6) is 0 Å². The lowest BCUT2D eigenvalue weighted by Gasteiger charge is -2.08. The summed E-state index contributed by atoms with van der Waals surface area (Å²) in [6, 6.07) is 0. The molecule has 0 amide bonds. The highest BCUT2D eigenvalue weighted by Gasteiger charge is 2.26. The third-order valence-electron chi connectivity index (χ3n) is 4.28. The fourth-order valence-electron chi connectivity index (χ4n) is 2.82. The molecule has 24 heavy (non-hydrogen) atoms. The van der Waals surface area contributed by atoms with Gasteiger partial charge in [-0.1, -0.05) is 74.9 Å². The molecule has 0 aliphatic heterocycles. The van der Waals surface area contributed by atoms with Crippen LogP contribution in [-0.2, 0) is 4.79 Å². The van der Waals surface area contributed by atoms with Crippen LogP contribution >= 0.6 is 11.6 Å². The molecule has 0 saturated heterocycles. The molecular weight excluding hydrogens is 324 g/mol. The zero-order valence-electron chi connectivity index (χ0n) is 14.7. The van der Waals surface area contributed by atoms with Gasteiger partial charge in [-0.2, -0.15) is 0 Å². The number of rotatable bonds is 12. The molecular formula is C20H31ClO3. The molecule has 0 spiro atoms. The zero-order valence-corrected chi connectivity index (χ0v) is 15.5. The van der Waals surface area contributed by atoms with E-state index >= 15 is 0 Å². The molecule has 1 rings (SSSR count). The van der Waals surface area contributed by atoms with E-state index in [0.29, 0.717) is 0 Å². The molecule has 0 radical (unpaired) electrons. The summed E-state index contributed by atoms with van der Waals surface area (Å²) in [6.45, 7) is 2.38. The van der Waals surface area contributed by atoms with Gasteiger partial charge in [-0.05, 0) is 25.7 Å². The van der Waals surface area contributed by atoms with E-state index < -0.39 is 6.10 Å². The molecule has 136 valence electrons. The van der Waals surface area contributed by atoms with Gasteiger partial charge in [0.1, 0.15) is 0 Å². The minimum atomic E-state index is -0.459. The molecule has 0 bridgehead atoms. The predicted molar refractivity (Wildman–Crippen MR) is 100.0 cm³/mol. The number of aliphatic hydroxyl groups excluding tert-OH is 2. The van der Waals surface area contributed by atoms with Crippen LogP contribution < -0.4 is 0 Å². The van der Waals surface area contributed by atoms with Gasteiger partial charge in [-0.3, -0.25) is 4.79 Å². The van der Waals surface area contributed by atoms with E-state index in [4.69, 9.17) is 16.7 Å². The minimum absolute atomic E-state index is 0.0952. The second kappa shape index (κ2) is 12.5. The Kier molecular flexibility index (Phi) is 11.0. The van der Waals surface area contributed by atoms with Gasteiger partial charge in [0.2, 0.25) is 5.78 Å². The lowest BCUT2D eigenvalue weighted by Crippen LogP contribution is -2.05. The van der Waals surface area contributed by atoms with Gasteiger partial charge >= 0.3 is 0 Å². The fraction of sp³-hybridized carbons (Fsp3) is 0.650. The van der Waals surface area contributed by atoms with E-state index in [-0.39, 0.29) is 23.3 Å². The number of halogens is 1. The van der Waals surface area contributed by atoms with Crippen LogP contribution in [0.2, 0.25) is 0 Å². The van der Waals surface area contributed by atoms with Crippen molar-refractivity contribution in [1.29, 1.82) is 0 Å². The fourth-order valence-corrected chi connectivity index (χ4v) is 3.06. The molecule has 0 saturated carbocycles. The van der Waals surface area contributed by atoms with E-state index in [2.05, 4.69) is 6.92 Å². The molecule has 0 fully saturated rings. The molecule has 0 aromatic rings. The van der Waals surface area contributed by atoms with Crippen molar-refractivity contribution < 1.29 is 15.0 Å². The quantitative estimate of drug-likeness (QED) is 0.304. The van der Waals surface area contributed by atoms with Crippen molar-refractivity contribution in [2.45, 2.75) is 70.8 Å². The lowest BCUT2D eigenvalue weighted by atomic mass is 9.98. The van der Waals surface area contributed by atoms with E-state index in [0.717, 1.165) is 63.4 Å². The van der Waals surface area contributed by atoms with Crippen LogP contribution in [0.1, 0.15) is 64.7 Å². The number of aliphatic hydroxyl groups is 2. The molecule has 0 aromatic heterocycles. The summed E-state index contributed by atoms with van der Waals surface area (Å²) in [5.74, 6) is -0.217. The van der Waals surface area contributed by atoms with Crippen molar-refractivity contribution in [2.24, 2.45) is 5.92 Å². The number of hydrogen-bond acceptors (Lipinski definition) is 3. The van der Waals surface area contributed by atoms with Gasteiger partial charge in [0.25, 0.3) is 0 Å². The molecule has 2 N–H and O–H groups in total. The first-order valence-electron chi connectivity index (χ1n) is 9.19. The summed E-state index contributed by atoms with van der Waals surface area (Å²) in [5.41, 5.74) is 0.721. The van der Waals surface area contributed by atoms with Crippen molar-refractivity contribution in [3.63, 3.8) is 0 Å². The zero-order chi connectivity index (χ0) is 17.8. The van der Waals surface area contributed by atoms with E-state index in [1.54, 1.807) is 12.2 Å². The topological polar surface area (TPSA) is 57.5 Å². The molecule has 2 atom stereocenters. The molecule has 3 nitrogen and oxygen atoms in total. The van der Waals surface area contributed by atoms with Gasteiger partial charge in [0.05, 0.1) is 11.1 Å². The van der Waals surface area contributed by atoms with Crippen LogP contribution in [-0.4, -0.2) is 28.7 Å². The maximum absolute atomic E-state index is 12.1. The maximum Gasteiger partial charge on any atom is 0.200 e. The van der Waals surface area contributed by atoms with Crippen LogP contribution in [0, 0.1) is 5.92 Å². The summed E-state index contributed by atoms with van der Waals surface area (Å²) in [7, 11) is 0. The number of carbonyl (C=O) groups excluding carboxylic acids is 1. The monoisotopic (exact) mass is 354 g/mol. The second-order valence-corrected chi connectivity index (χ2v) is 6.81. The number of allylic oxidation sites excluding steroid dienone is 5. The average molecular weight is 355 g/mol. The Labute approximate surface area is 151 Å². The highest BCUT2D eigenvalue weighted by molar-refractivity contribution is 6.46. The number of ketones is 1. The van der Waals surface area contributed by atoms with E-state index in [9.17, 15) is 9.90 Å². The van der Waals surface area contributed by atoms with Crippen molar-refractivity contribution in [2.75, 3.05) is 6.61 Å². The third-order valence-corrected chi connectivity index (χ3v) is 4.58. The molecule has 2 unspecified atom stereocenters. The summed E-state index contributed by atoms with van der Waals surface area (Å²) in [6.07, 6.45) is 15.7. The van der Waals surface area contributed by atoms with Crippen LogP contribution in [0.3, 0.4) is 0 Å². The smallest absolute Gasteiger partial charge is 0.200 e. The molecule has 1 aliphatic carbocycles. The number of carbonyl (C=O) groups is 1. The van der Waals surface area contributed by atoms with Crippen molar-refractivity contribution in [3.05, 3.63) is 34.9 Å². The Morgan fingerprint density at radius 2 is 1.96 bits per heavy atom. The number of hydrogen-bond donors (Lipinski definition) is 2. The highest BCUT2D eigenvalue weighted by atomic mass is 35.5. The van der Waals surface area contributed by atoms with Crippen molar-refractivity contribution >= 4 is 17.4 Å². The number of Topliss-reactive ketones (excluding diaryl/α,β-unsaturated/α-hetero) is 1. The Hall–Kier alpha value is -0.900. The first-order valence-corrected chi connectivity index (χ1v) is 9.57. The largest absolute Gasteiger partial charge is 0.396 e. The van der Waals surface area contributed by atoms with E-state index in [1.807, 2.05) is 12.2 Å². The van der Waals surface area contributed by atoms with Crippen LogP contribution in [0.4, 0.5) is 0 Å². The molecule has 0 aromatic carbocycles. The molecule has 0 heterocycles. The van der Waals surface area contributed by atoms with Gasteiger partial charge in [-0.15, -0.1) is 0 Å². The van der Waals surface area contributed by atoms with Crippen LogP contribution in [0.25, 0.3) is 0 Å². The SMILES string of the molecule is CCCCCC(O)C=CC1C=C(Cl)C(=O)C1=CCCCCCCO. The Bertz CT molecular complexity index is 466. The predicted octanol–water partition coefficient (Wildman–Crippen LogP) is 4.67. The molecule has 4 heteroatoms. The Morgan fingerprint density at radius 3 is 2.67 bits per heavy atom. The standard InChI is InChI=1S/C20H31ClO3/c1-2-3-7-10-17(23)13-12-16-15-19(21)20(24)18(16)11-8-5-4-6-9-14-22/h11-13,15-17,22-23H,2-10,14H2,1H3. The van der Waals surface area contributed by atoms with Gasteiger partial charge < -0.3 is 10.2 Å². The Morgan fingerprint density at radius 1 is 1.21 bits per heavy atom. The first kappa shape index (κ1) is 21.1.